The number of aromatic nitrogens is 2. The van der Waals surface area contributed by atoms with E-state index >= 15 is 0 Å². The average Bonchev–Trinajstić information content (AvgIpc) is 3.20. The van der Waals surface area contributed by atoms with Crippen molar-refractivity contribution in [3.05, 3.63) is 53.4 Å². The lowest BCUT2D eigenvalue weighted by Gasteiger charge is -2.13. The van der Waals surface area contributed by atoms with Crippen molar-refractivity contribution in [2.45, 2.75) is 33.1 Å². The van der Waals surface area contributed by atoms with Gasteiger partial charge in [0.1, 0.15) is 11.5 Å². The number of halogens is 1. The molecule has 3 rings (SSSR count). The molecule has 0 radical (unpaired) electrons. The Morgan fingerprint density at radius 2 is 1.87 bits per heavy atom. The molecule has 1 N–H and O–H groups in total. The summed E-state index contributed by atoms with van der Waals surface area (Å²) in [7, 11) is 0. The van der Waals surface area contributed by atoms with Crippen LogP contribution in [-0.2, 0) is 11.2 Å². The van der Waals surface area contributed by atoms with Crippen molar-refractivity contribution in [2.75, 3.05) is 18.5 Å². The quantitative estimate of drug-likeness (QED) is 0.479. The number of hydrogen-bond acceptors (Lipinski definition) is 6. The van der Waals surface area contributed by atoms with Gasteiger partial charge in [0.15, 0.2) is 0 Å². The van der Waals surface area contributed by atoms with Crippen LogP contribution in [0.4, 0.5) is 5.69 Å². The second kappa shape index (κ2) is 10.6. The van der Waals surface area contributed by atoms with E-state index in [0.717, 1.165) is 5.56 Å². The van der Waals surface area contributed by atoms with Gasteiger partial charge in [-0.05, 0) is 56.7 Å². The molecule has 30 heavy (non-hydrogen) atoms. The van der Waals surface area contributed by atoms with Gasteiger partial charge in [0.05, 0.1) is 18.9 Å². The van der Waals surface area contributed by atoms with Crippen molar-refractivity contribution in [3.8, 4) is 22.9 Å². The molecule has 0 aliphatic carbocycles. The zero-order chi connectivity index (χ0) is 21.3. The van der Waals surface area contributed by atoms with Crippen molar-refractivity contribution < 1.29 is 18.8 Å². The van der Waals surface area contributed by atoms with Gasteiger partial charge in [-0.3, -0.25) is 4.79 Å². The first-order valence-corrected chi connectivity index (χ1v) is 10.2. The average molecular weight is 430 g/mol. The van der Waals surface area contributed by atoms with Gasteiger partial charge in [0.2, 0.25) is 17.6 Å². The molecule has 0 atom stereocenters. The minimum absolute atomic E-state index is 0.123. The fourth-order valence-electron chi connectivity index (χ4n) is 2.83. The van der Waals surface area contributed by atoms with Crippen LogP contribution in [0, 0.1) is 0 Å². The normalized spacial score (nSPS) is 10.6. The van der Waals surface area contributed by atoms with Gasteiger partial charge >= 0.3 is 0 Å². The Morgan fingerprint density at radius 1 is 1.10 bits per heavy atom. The monoisotopic (exact) mass is 429 g/mol. The van der Waals surface area contributed by atoms with Crippen LogP contribution in [0.15, 0.2) is 47.0 Å². The molecular weight excluding hydrogens is 406 g/mol. The van der Waals surface area contributed by atoms with Crippen LogP contribution in [-0.4, -0.2) is 29.3 Å². The number of carbonyl (C=O) groups excluding carboxylic acids is 1. The maximum absolute atomic E-state index is 12.4. The summed E-state index contributed by atoms with van der Waals surface area (Å²) in [6.07, 6.45) is 1.39. The van der Waals surface area contributed by atoms with Gasteiger partial charge in [-0.15, -0.1) is 0 Å². The number of nitrogens with one attached hydrogen (secondary N) is 1. The van der Waals surface area contributed by atoms with Crippen LogP contribution in [0.2, 0.25) is 5.02 Å². The molecule has 0 fully saturated rings. The van der Waals surface area contributed by atoms with Crippen LogP contribution >= 0.6 is 11.6 Å². The number of anilines is 1. The van der Waals surface area contributed by atoms with E-state index in [9.17, 15) is 4.79 Å². The second-order valence-corrected chi connectivity index (χ2v) is 6.88. The van der Waals surface area contributed by atoms with Crippen molar-refractivity contribution in [1.29, 1.82) is 0 Å². The number of nitrogens with zero attached hydrogens (tertiary/aromatic N) is 2. The maximum atomic E-state index is 12.4. The second-order valence-electron chi connectivity index (χ2n) is 6.44. The van der Waals surface area contributed by atoms with Crippen LogP contribution in [0.1, 0.15) is 32.6 Å². The zero-order valence-electron chi connectivity index (χ0n) is 17.0. The van der Waals surface area contributed by atoms with E-state index in [0.29, 0.717) is 66.4 Å². The van der Waals surface area contributed by atoms with Gasteiger partial charge in [-0.1, -0.05) is 16.8 Å². The number of benzene rings is 2. The van der Waals surface area contributed by atoms with Crippen molar-refractivity contribution >= 4 is 23.2 Å². The fraction of sp³-hybridized carbons (Fsp3) is 0.318. The number of aryl methyl sites for hydroxylation is 1. The minimum atomic E-state index is -0.123. The molecule has 0 unspecified atom stereocenters. The topological polar surface area (TPSA) is 86.5 Å². The first-order valence-electron chi connectivity index (χ1n) is 9.87. The van der Waals surface area contributed by atoms with E-state index in [1.54, 1.807) is 24.3 Å². The van der Waals surface area contributed by atoms with Gasteiger partial charge in [0, 0.05) is 29.5 Å². The summed E-state index contributed by atoms with van der Waals surface area (Å²) in [4.78, 5) is 16.8. The molecule has 0 aliphatic rings. The number of ether oxygens (including phenoxy) is 2. The smallest absolute Gasteiger partial charge is 0.226 e. The van der Waals surface area contributed by atoms with Crippen LogP contribution in [0.3, 0.4) is 0 Å². The van der Waals surface area contributed by atoms with Gasteiger partial charge in [-0.2, -0.15) is 4.98 Å². The first-order chi connectivity index (χ1) is 14.6. The van der Waals surface area contributed by atoms with E-state index in [4.69, 9.17) is 25.6 Å². The number of carbonyl (C=O) groups is 1. The highest BCUT2D eigenvalue weighted by molar-refractivity contribution is 6.30. The van der Waals surface area contributed by atoms with E-state index in [1.807, 2.05) is 32.0 Å². The summed E-state index contributed by atoms with van der Waals surface area (Å²) in [5.41, 5.74) is 1.42. The maximum Gasteiger partial charge on any atom is 0.226 e. The van der Waals surface area contributed by atoms with Crippen LogP contribution in [0.5, 0.6) is 11.5 Å². The highest BCUT2D eigenvalue weighted by Gasteiger charge is 2.12. The Morgan fingerprint density at radius 3 is 2.60 bits per heavy atom. The highest BCUT2D eigenvalue weighted by Crippen LogP contribution is 2.29. The largest absolute Gasteiger partial charge is 0.494 e. The molecule has 0 aliphatic heterocycles. The standard InChI is InChI=1S/C22H24ClN3O4/c1-3-28-17-12-13-19(29-4-2)18(14-17)24-20(27)6-5-7-21-25-22(26-30-21)15-8-10-16(23)11-9-15/h8-14H,3-7H2,1-2H3,(H,24,27). The molecule has 7 nitrogen and oxygen atoms in total. The molecule has 0 saturated carbocycles. The zero-order valence-corrected chi connectivity index (χ0v) is 17.7. The lowest BCUT2D eigenvalue weighted by atomic mass is 10.2. The summed E-state index contributed by atoms with van der Waals surface area (Å²) < 4.78 is 16.4. The molecule has 1 amide bonds. The third kappa shape index (κ3) is 5.97. The molecule has 2 aromatic carbocycles. The Balaban J connectivity index is 1.54. The molecule has 0 bridgehead atoms. The van der Waals surface area contributed by atoms with Gasteiger partial charge in [-0.25, -0.2) is 0 Å². The predicted octanol–water partition coefficient (Wildman–Crippen LogP) is 5.15. The predicted molar refractivity (Wildman–Crippen MR) is 115 cm³/mol. The molecule has 158 valence electrons. The molecular formula is C22H24ClN3O4. The minimum Gasteiger partial charge on any atom is -0.494 e. The lowest BCUT2D eigenvalue weighted by molar-refractivity contribution is -0.116. The summed E-state index contributed by atoms with van der Waals surface area (Å²) in [5.74, 6) is 2.15. The number of rotatable bonds is 10. The molecule has 0 saturated heterocycles. The Labute approximate surface area is 180 Å². The summed E-state index contributed by atoms with van der Waals surface area (Å²) in [5, 5.41) is 7.52. The molecule has 1 aromatic heterocycles. The third-order valence-corrected chi connectivity index (χ3v) is 4.45. The fourth-order valence-corrected chi connectivity index (χ4v) is 2.96. The van der Waals surface area contributed by atoms with Crippen molar-refractivity contribution in [3.63, 3.8) is 0 Å². The SMILES string of the molecule is CCOc1ccc(OCC)c(NC(=O)CCCc2nc(-c3ccc(Cl)cc3)no2)c1. The van der Waals surface area contributed by atoms with Crippen LogP contribution in [0.25, 0.3) is 11.4 Å². The molecule has 1 heterocycles. The summed E-state index contributed by atoms with van der Waals surface area (Å²) in [6.45, 7) is 4.85. The molecule has 8 heteroatoms. The highest BCUT2D eigenvalue weighted by atomic mass is 35.5. The lowest BCUT2D eigenvalue weighted by Crippen LogP contribution is -2.13. The van der Waals surface area contributed by atoms with E-state index < -0.39 is 0 Å². The van der Waals surface area contributed by atoms with Crippen molar-refractivity contribution in [2.24, 2.45) is 0 Å². The van der Waals surface area contributed by atoms with Gasteiger partial charge in [0.25, 0.3) is 0 Å². The van der Waals surface area contributed by atoms with E-state index in [2.05, 4.69) is 15.5 Å². The molecule has 3 aromatic rings. The van der Waals surface area contributed by atoms with Crippen LogP contribution < -0.4 is 14.8 Å². The Bertz CT molecular complexity index is 973. The summed E-state index contributed by atoms with van der Waals surface area (Å²) >= 11 is 5.90. The van der Waals surface area contributed by atoms with Gasteiger partial charge < -0.3 is 19.3 Å². The Hall–Kier alpha value is -3.06. The third-order valence-electron chi connectivity index (χ3n) is 4.20. The number of hydrogen-bond donors (Lipinski definition) is 1. The first kappa shape index (κ1) is 21.6. The summed E-state index contributed by atoms with van der Waals surface area (Å²) in [6, 6.07) is 12.6. The molecule has 0 spiro atoms. The number of amides is 1. The van der Waals surface area contributed by atoms with Crippen molar-refractivity contribution in [1.82, 2.24) is 10.1 Å². The van der Waals surface area contributed by atoms with E-state index in [1.165, 1.54) is 0 Å². The van der Waals surface area contributed by atoms with E-state index in [-0.39, 0.29) is 5.91 Å². The Kier molecular flexibility index (Phi) is 7.68.